The van der Waals surface area contributed by atoms with Crippen molar-refractivity contribution in [3.05, 3.63) is 0 Å². The van der Waals surface area contributed by atoms with Gasteiger partial charge in [-0.1, -0.05) is 13.3 Å². The first kappa shape index (κ1) is 16.1. The summed E-state index contributed by atoms with van der Waals surface area (Å²) >= 11 is 0. The van der Waals surface area contributed by atoms with Crippen molar-refractivity contribution in [3.8, 4) is 0 Å². The standard InChI is InChI=1S/C17H26N2O2/c1-2-15-10-14(5-8-17(15)19-12-21)9-13-3-6-16(7-4-13)18-11-20/h13-17H,2-10H2,1H3. The highest BCUT2D eigenvalue weighted by atomic mass is 16.1. The van der Waals surface area contributed by atoms with E-state index in [9.17, 15) is 9.59 Å². The topological polar surface area (TPSA) is 58.9 Å². The molecule has 0 aromatic rings. The summed E-state index contributed by atoms with van der Waals surface area (Å²) in [7, 11) is 0. The van der Waals surface area contributed by atoms with Crippen molar-refractivity contribution in [2.24, 2.45) is 27.7 Å². The lowest BCUT2D eigenvalue weighted by molar-refractivity contribution is 0.179. The highest BCUT2D eigenvalue weighted by Gasteiger charge is 2.31. The molecule has 0 aromatic heterocycles. The molecule has 0 aliphatic heterocycles. The molecule has 0 saturated heterocycles. The van der Waals surface area contributed by atoms with Crippen molar-refractivity contribution in [1.29, 1.82) is 0 Å². The lowest BCUT2D eigenvalue weighted by Gasteiger charge is -2.36. The highest BCUT2D eigenvalue weighted by molar-refractivity contribution is 5.34. The fourth-order valence-electron chi connectivity index (χ4n) is 4.29. The summed E-state index contributed by atoms with van der Waals surface area (Å²) in [5.74, 6) is 2.13. The van der Waals surface area contributed by atoms with Crippen LogP contribution in [0.4, 0.5) is 0 Å². The van der Waals surface area contributed by atoms with Crippen LogP contribution in [0.5, 0.6) is 0 Å². The molecule has 2 fully saturated rings. The first-order valence-electron chi connectivity index (χ1n) is 8.40. The van der Waals surface area contributed by atoms with Crippen molar-refractivity contribution >= 4 is 12.2 Å². The Morgan fingerprint density at radius 2 is 1.57 bits per heavy atom. The van der Waals surface area contributed by atoms with Crippen LogP contribution in [0.2, 0.25) is 0 Å². The number of isocyanates is 2. The Hall–Kier alpha value is -1.24. The summed E-state index contributed by atoms with van der Waals surface area (Å²) in [6.45, 7) is 2.20. The van der Waals surface area contributed by atoms with Crippen molar-refractivity contribution in [2.45, 2.75) is 76.8 Å². The van der Waals surface area contributed by atoms with Gasteiger partial charge in [-0.3, -0.25) is 0 Å². The van der Waals surface area contributed by atoms with E-state index in [1.165, 1.54) is 32.1 Å². The summed E-state index contributed by atoms with van der Waals surface area (Å²) in [4.78, 5) is 28.6. The van der Waals surface area contributed by atoms with Crippen LogP contribution >= 0.6 is 0 Å². The Balaban J connectivity index is 1.79. The normalized spacial score (nSPS) is 36.3. The molecule has 2 saturated carbocycles. The lowest BCUT2D eigenvalue weighted by Crippen LogP contribution is -2.29. The van der Waals surface area contributed by atoms with Crippen molar-refractivity contribution in [2.75, 3.05) is 0 Å². The molecule has 3 unspecified atom stereocenters. The van der Waals surface area contributed by atoms with Gasteiger partial charge in [-0.15, -0.1) is 0 Å². The second kappa shape index (κ2) is 8.26. The van der Waals surface area contributed by atoms with Gasteiger partial charge >= 0.3 is 0 Å². The molecule has 0 radical (unpaired) electrons. The molecule has 0 amide bonds. The fourth-order valence-corrected chi connectivity index (χ4v) is 4.29. The molecule has 0 bridgehead atoms. The van der Waals surface area contributed by atoms with Crippen LogP contribution in [0.3, 0.4) is 0 Å². The summed E-state index contributed by atoms with van der Waals surface area (Å²) in [5.41, 5.74) is 0. The molecule has 4 heteroatoms. The molecule has 2 rings (SSSR count). The van der Waals surface area contributed by atoms with Crippen LogP contribution in [0, 0.1) is 17.8 Å². The summed E-state index contributed by atoms with van der Waals surface area (Å²) < 4.78 is 0. The number of hydrogen-bond acceptors (Lipinski definition) is 4. The quantitative estimate of drug-likeness (QED) is 0.571. The van der Waals surface area contributed by atoms with Gasteiger partial charge in [0.05, 0.1) is 12.1 Å². The van der Waals surface area contributed by atoms with Crippen LogP contribution in [0.15, 0.2) is 9.98 Å². The smallest absolute Gasteiger partial charge is 0.211 e. The van der Waals surface area contributed by atoms with Crippen LogP contribution < -0.4 is 0 Å². The van der Waals surface area contributed by atoms with Crippen molar-refractivity contribution < 1.29 is 9.59 Å². The van der Waals surface area contributed by atoms with E-state index in [2.05, 4.69) is 16.9 Å². The van der Waals surface area contributed by atoms with Crippen LogP contribution in [-0.4, -0.2) is 24.2 Å². The van der Waals surface area contributed by atoms with Gasteiger partial charge in [-0.25, -0.2) is 19.6 Å². The minimum Gasteiger partial charge on any atom is -0.211 e. The summed E-state index contributed by atoms with van der Waals surface area (Å²) in [6.07, 6.45) is 13.8. The fraction of sp³-hybridized carbons (Fsp3) is 0.882. The van der Waals surface area contributed by atoms with Crippen molar-refractivity contribution in [1.82, 2.24) is 0 Å². The average Bonchev–Trinajstić information content (AvgIpc) is 2.51. The van der Waals surface area contributed by atoms with Gasteiger partial charge in [0, 0.05) is 0 Å². The van der Waals surface area contributed by atoms with Crippen LogP contribution in [-0.2, 0) is 9.59 Å². The zero-order chi connectivity index (χ0) is 15.1. The molecule has 0 spiro atoms. The molecule has 4 nitrogen and oxygen atoms in total. The summed E-state index contributed by atoms with van der Waals surface area (Å²) in [5, 5.41) is 0. The Bertz CT molecular complexity index is 417. The predicted molar refractivity (Wildman–Crippen MR) is 81.5 cm³/mol. The highest BCUT2D eigenvalue weighted by Crippen LogP contribution is 2.39. The number of carbonyl (C=O) groups excluding carboxylic acids is 2. The first-order chi connectivity index (χ1) is 10.3. The Labute approximate surface area is 127 Å². The van der Waals surface area contributed by atoms with E-state index >= 15 is 0 Å². The van der Waals surface area contributed by atoms with E-state index in [-0.39, 0.29) is 12.1 Å². The molecule has 0 aromatic carbocycles. The van der Waals surface area contributed by atoms with Gasteiger partial charge in [0.15, 0.2) is 0 Å². The summed E-state index contributed by atoms with van der Waals surface area (Å²) in [6, 6.07) is 0.432. The monoisotopic (exact) mass is 290 g/mol. The molecular weight excluding hydrogens is 264 g/mol. The number of rotatable bonds is 5. The van der Waals surface area contributed by atoms with Gasteiger partial charge in [0.25, 0.3) is 0 Å². The van der Waals surface area contributed by atoms with Gasteiger partial charge in [-0.05, 0) is 69.1 Å². The van der Waals surface area contributed by atoms with E-state index in [0.29, 0.717) is 5.92 Å². The maximum absolute atomic E-state index is 10.5. The molecule has 3 atom stereocenters. The largest absolute Gasteiger partial charge is 0.235 e. The van der Waals surface area contributed by atoms with Gasteiger partial charge in [-0.2, -0.15) is 0 Å². The Morgan fingerprint density at radius 3 is 2.19 bits per heavy atom. The third kappa shape index (κ3) is 4.62. The van der Waals surface area contributed by atoms with Crippen LogP contribution in [0.25, 0.3) is 0 Å². The van der Waals surface area contributed by atoms with Gasteiger partial charge in [0.1, 0.15) is 0 Å². The van der Waals surface area contributed by atoms with E-state index in [0.717, 1.165) is 37.5 Å². The number of aliphatic imine (C=N–C) groups is 2. The second-order valence-electron chi connectivity index (χ2n) is 6.77. The Kier molecular flexibility index (Phi) is 6.35. The zero-order valence-electron chi connectivity index (χ0n) is 13.0. The second-order valence-corrected chi connectivity index (χ2v) is 6.77. The van der Waals surface area contributed by atoms with Gasteiger partial charge in [0.2, 0.25) is 12.2 Å². The maximum Gasteiger partial charge on any atom is 0.235 e. The molecule has 0 heterocycles. The third-order valence-corrected chi connectivity index (χ3v) is 5.51. The Morgan fingerprint density at radius 1 is 0.905 bits per heavy atom. The van der Waals surface area contributed by atoms with Crippen LogP contribution in [0.1, 0.15) is 64.7 Å². The number of hydrogen-bond donors (Lipinski definition) is 0. The maximum atomic E-state index is 10.5. The zero-order valence-corrected chi connectivity index (χ0v) is 13.0. The minimum atomic E-state index is 0.210. The molecule has 116 valence electrons. The molecule has 2 aliphatic rings. The number of nitrogens with zero attached hydrogens (tertiary/aromatic N) is 2. The van der Waals surface area contributed by atoms with Crippen molar-refractivity contribution in [3.63, 3.8) is 0 Å². The average molecular weight is 290 g/mol. The minimum absolute atomic E-state index is 0.210. The SMILES string of the molecule is CCC1CC(CC2CCC(N=C=O)CC2)CCC1N=C=O. The van der Waals surface area contributed by atoms with Gasteiger partial charge < -0.3 is 0 Å². The lowest BCUT2D eigenvalue weighted by atomic mass is 9.71. The molecule has 21 heavy (non-hydrogen) atoms. The predicted octanol–water partition coefficient (Wildman–Crippen LogP) is 3.80. The van der Waals surface area contributed by atoms with E-state index < -0.39 is 0 Å². The van der Waals surface area contributed by atoms with E-state index in [1.807, 2.05) is 0 Å². The molecule has 0 N–H and O–H groups in total. The first-order valence-corrected chi connectivity index (χ1v) is 8.40. The third-order valence-electron chi connectivity index (χ3n) is 5.51. The molecule has 2 aliphatic carbocycles. The molecular formula is C17H26N2O2. The van der Waals surface area contributed by atoms with E-state index in [1.54, 1.807) is 12.2 Å². The van der Waals surface area contributed by atoms with E-state index in [4.69, 9.17) is 0 Å².